The van der Waals surface area contributed by atoms with Gasteiger partial charge in [0.15, 0.2) is 11.0 Å². The molecule has 3 aromatic rings. The minimum atomic E-state index is -0.143. The number of carbonyl (C=O) groups is 1. The molecule has 172 valence electrons. The fourth-order valence-corrected chi connectivity index (χ4v) is 6.31. The quantitative estimate of drug-likeness (QED) is 0.489. The number of nitrogens with one attached hydrogen (secondary N) is 1. The summed E-state index contributed by atoms with van der Waals surface area (Å²) in [6, 6.07) is 6.14. The Kier molecular flexibility index (Phi) is 6.86. The van der Waals surface area contributed by atoms with Gasteiger partial charge in [0.1, 0.15) is 11.1 Å². The average molecular weight is 481 g/mol. The van der Waals surface area contributed by atoms with Crippen LogP contribution in [0.25, 0.3) is 11.4 Å². The molecule has 0 aromatic carbocycles. The maximum atomic E-state index is 12.8. The van der Waals surface area contributed by atoms with Crippen LogP contribution in [0.4, 0.5) is 5.00 Å². The summed E-state index contributed by atoms with van der Waals surface area (Å²) >= 11 is 2.91. The molecule has 1 N–H and O–H groups in total. The highest BCUT2D eigenvalue weighted by Gasteiger charge is 2.32. The number of hydrogen-bond acceptors (Lipinski definition) is 7. The van der Waals surface area contributed by atoms with Gasteiger partial charge < -0.3 is 9.88 Å². The van der Waals surface area contributed by atoms with E-state index in [4.69, 9.17) is 0 Å². The molecule has 0 saturated heterocycles. The third kappa shape index (κ3) is 4.97. The van der Waals surface area contributed by atoms with E-state index in [0.29, 0.717) is 28.2 Å². The van der Waals surface area contributed by atoms with Crippen molar-refractivity contribution in [1.29, 1.82) is 5.26 Å². The number of nitrogens with zero attached hydrogens (tertiary/aromatic N) is 5. The summed E-state index contributed by atoms with van der Waals surface area (Å²) in [5, 5.41) is 22.7. The number of pyridine rings is 1. The smallest absolute Gasteiger partial charge is 0.235 e. The van der Waals surface area contributed by atoms with Crippen molar-refractivity contribution in [1.82, 2.24) is 19.7 Å². The fraction of sp³-hybridized carbons (Fsp3) is 0.458. The SMILES string of the molecule is CCn1c(SCC(=O)Nc2sc3c(c2C#N)CCC(C(C)(C)C)C3)nnc1-c1cccnc1. The van der Waals surface area contributed by atoms with Crippen LogP contribution in [0.3, 0.4) is 0 Å². The van der Waals surface area contributed by atoms with Crippen LogP contribution < -0.4 is 5.32 Å². The van der Waals surface area contributed by atoms with Gasteiger partial charge in [-0.05, 0) is 55.2 Å². The molecular weight excluding hydrogens is 452 g/mol. The van der Waals surface area contributed by atoms with Gasteiger partial charge in [-0.25, -0.2) is 0 Å². The highest BCUT2D eigenvalue weighted by Crippen LogP contribution is 2.44. The second-order valence-corrected chi connectivity index (χ2v) is 11.3. The number of fused-ring (bicyclic) bond motifs is 1. The molecule has 1 aliphatic carbocycles. The van der Waals surface area contributed by atoms with Gasteiger partial charge in [0, 0.05) is 29.4 Å². The number of rotatable bonds is 6. The van der Waals surface area contributed by atoms with E-state index in [9.17, 15) is 10.1 Å². The predicted molar refractivity (Wildman–Crippen MR) is 132 cm³/mol. The molecule has 1 unspecified atom stereocenters. The van der Waals surface area contributed by atoms with Gasteiger partial charge in [-0.3, -0.25) is 9.78 Å². The van der Waals surface area contributed by atoms with E-state index in [1.807, 2.05) is 23.6 Å². The Bertz CT molecular complexity index is 1190. The van der Waals surface area contributed by atoms with Crippen molar-refractivity contribution in [3.63, 3.8) is 0 Å². The van der Waals surface area contributed by atoms with Crippen LogP contribution in [-0.2, 0) is 24.2 Å². The lowest BCUT2D eigenvalue weighted by molar-refractivity contribution is -0.113. The summed E-state index contributed by atoms with van der Waals surface area (Å²) in [4.78, 5) is 18.2. The number of thioether (sulfide) groups is 1. The van der Waals surface area contributed by atoms with Crippen LogP contribution in [0, 0.1) is 22.7 Å². The number of anilines is 1. The summed E-state index contributed by atoms with van der Waals surface area (Å²) in [7, 11) is 0. The number of nitriles is 1. The van der Waals surface area contributed by atoms with Crippen LogP contribution in [0.1, 0.15) is 50.1 Å². The zero-order valence-electron chi connectivity index (χ0n) is 19.4. The second kappa shape index (κ2) is 9.65. The molecule has 0 radical (unpaired) electrons. The first-order valence-corrected chi connectivity index (χ1v) is 12.9. The number of amides is 1. The summed E-state index contributed by atoms with van der Waals surface area (Å²) < 4.78 is 1.98. The van der Waals surface area contributed by atoms with Crippen molar-refractivity contribution >= 4 is 34.0 Å². The molecule has 3 aromatic heterocycles. The van der Waals surface area contributed by atoms with Gasteiger partial charge in [0.05, 0.1) is 11.3 Å². The number of hydrogen-bond donors (Lipinski definition) is 1. The van der Waals surface area contributed by atoms with E-state index in [2.05, 4.69) is 47.3 Å². The Morgan fingerprint density at radius 2 is 2.21 bits per heavy atom. The summed E-state index contributed by atoms with van der Waals surface area (Å²) in [6.07, 6.45) is 6.43. The lowest BCUT2D eigenvalue weighted by Gasteiger charge is -2.33. The van der Waals surface area contributed by atoms with Gasteiger partial charge in [0.2, 0.25) is 5.91 Å². The maximum Gasteiger partial charge on any atom is 0.235 e. The topological polar surface area (TPSA) is 96.5 Å². The third-order valence-electron chi connectivity index (χ3n) is 6.14. The lowest BCUT2D eigenvalue weighted by atomic mass is 9.72. The second-order valence-electron chi connectivity index (χ2n) is 9.25. The number of thiophene rings is 1. The van der Waals surface area contributed by atoms with Crippen molar-refractivity contribution in [3.05, 3.63) is 40.5 Å². The van der Waals surface area contributed by atoms with E-state index in [1.54, 1.807) is 23.7 Å². The monoisotopic (exact) mass is 480 g/mol. The van der Waals surface area contributed by atoms with Gasteiger partial charge in [0.25, 0.3) is 0 Å². The van der Waals surface area contributed by atoms with Gasteiger partial charge in [-0.1, -0.05) is 32.5 Å². The van der Waals surface area contributed by atoms with Crippen LogP contribution in [0.15, 0.2) is 29.7 Å². The molecule has 0 bridgehead atoms. The molecule has 4 rings (SSSR count). The minimum Gasteiger partial charge on any atom is -0.316 e. The minimum absolute atomic E-state index is 0.143. The molecule has 0 saturated carbocycles. The lowest BCUT2D eigenvalue weighted by Crippen LogP contribution is -2.26. The highest BCUT2D eigenvalue weighted by molar-refractivity contribution is 7.99. The molecule has 1 aliphatic rings. The van der Waals surface area contributed by atoms with Gasteiger partial charge in [-0.15, -0.1) is 21.5 Å². The van der Waals surface area contributed by atoms with Gasteiger partial charge >= 0.3 is 0 Å². The number of aromatic nitrogens is 4. The fourth-order valence-electron chi connectivity index (χ4n) is 4.21. The van der Waals surface area contributed by atoms with E-state index in [0.717, 1.165) is 36.2 Å². The Hall–Kier alpha value is -2.70. The van der Waals surface area contributed by atoms with Crippen LogP contribution in [-0.4, -0.2) is 31.4 Å². The molecule has 0 aliphatic heterocycles. The van der Waals surface area contributed by atoms with E-state index >= 15 is 0 Å². The Balaban J connectivity index is 1.45. The first-order valence-electron chi connectivity index (χ1n) is 11.1. The molecule has 3 heterocycles. The molecule has 0 fully saturated rings. The van der Waals surface area contributed by atoms with Crippen molar-refractivity contribution in [2.45, 2.75) is 58.7 Å². The summed E-state index contributed by atoms with van der Waals surface area (Å²) in [6.45, 7) is 9.53. The average Bonchev–Trinajstić information content (AvgIpc) is 3.37. The first kappa shape index (κ1) is 23.5. The van der Waals surface area contributed by atoms with Crippen LogP contribution in [0.5, 0.6) is 0 Å². The molecular formula is C24H28N6OS2. The zero-order valence-corrected chi connectivity index (χ0v) is 21.0. The number of carbonyl (C=O) groups excluding carboxylic acids is 1. The first-order chi connectivity index (χ1) is 15.8. The van der Waals surface area contributed by atoms with Crippen molar-refractivity contribution in [2.24, 2.45) is 11.3 Å². The van der Waals surface area contributed by atoms with Crippen LogP contribution >= 0.6 is 23.1 Å². The molecule has 7 nitrogen and oxygen atoms in total. The van der Waals surface area contributed by atoms with Crippen molar-refractivity contribution in [2.75, 3.05) is 11.1 Å². The van der Waals surface area contributed by atoms with E-state index in [-0.39, 0.29) is 17.1 Å². The molecule has 33 heavy (non-hydrogen) atoms. The third-order valence-corrected chi connectivity index (χ3v) is 8.28. The van der Waals surface area contributed by atoms with E-state index in [1.165, 1.54) is 16.6 Å². The molecule has 1 amide bonds. The Morgan fingerprint density at radius 1 is 1.39 bits per heavy atom. The Morgan fingerprint density at radius 3 is 2.88 bits per heavy atom. The largest absolute Gasteiger partial charge is 0.316 e. The van der Waals surface area contributed by atoms with Crippen molar-refractivity contribution < 1.29 is 4.79 Å². The van der Waals surface area contributed by atoms with E-state index < -0.39 is 0 Å². The van der Waals surface area contributed by atoms with Crippen LogP contribution in [0.2, 0.25) is 0 Å². The predicted octanol–water partition coefficient (Wildman–Crippen LogP) is 5.17. The normalized spacial score (nSPS) is 15.7. The summed E-state index contributed by atoms with van der Waals surface area (Å²) in [5.74, 6) is 1.38. The highest BCUT2D eigenvalue weighted by atomic mass is 32.2. The van der Waals surface area contributed by atoms with Gasteiger partial charge in [-0.2, -0.15) is 5.26 Å². The standard InChI is InChI=1S/C24H28N6OS2/c1-5-30-21(15-7-6-10-26-13-15)28-29-23(30)32-14-20(31)27-22-18(12-25)17-9-8-16(24(2,3)4)11-19(17)33-22/h6-7,10,13,16H,5,8-9,11,14H2,1-4H3,(H,27,31). The molecule has 9 heteroatoms. The molecule has 1 atom stereocenters. The summed E-state index contributed by atoms with van der Waals surface area (Å²) in [5.41, 5.74) is 2.88. The Labute approximate surface area is 202 Å². The zero-order chi connectivity index (χ0) is 23.6. The van der Waals surface area contributed by atoms with Crippen molar-refractivity contribution in [3.8, 4) is 17.5 Å². The molecule has 0 spiro atoms. The maximum absolute atomic E-state index is 12.8.